The number of hydrogen-bond acceptors (Lipinski definition) is 5. The van der Waals surface area contributed by atoms with Gasteiger partial charge in [-0.05, 0) is 23.8 Å². The Hall–Kier alpha value is -2.22. The monoisotopic (exact) mass is 359 g/mol. The molecule has 0 fully saturated rings. The number of benzene rings is 1. The molecule has 1 aromatic carbocycles. The molecule has 128 valence electrons. The first kappa shape index (κ1) is 16.6. The summed E-state index contributed by atoms with van der Waals surface area (Å²) in [5.41, 5.74) is -0.290. The van der Waals surface area contributed by atoms with Crippen LogP contribution in [-0.2, 0) is 12.7 Å². The molecule has 1 aliphatic heterocycles. The van der Waals surface area contributed by atoms with Crippen molar-refractivity contribution in [2.75, 3.05) is 18.5 Å². The first-order valence-corrected chi connectivity index (χ1v) is 7.53. The standard InChI is InChI=1S/C15H13ClF3N3O2/c16-10-6-9(7-11-13(10)24-5-1-4-23-11)8-21-14-20-3-2-12(22-14)15(17,18)19/h2-3,6-7H,1,4-5,8H2,(H,20,21,22). The van der Waals surface area contributed by atoms with Crippen LogP contribution in [0.2, 0.25) is 5.02 Å². The molecule has 0 amide bonds. The maximum Gasteiger partial charge on any atom is 0.433 e. The first-order chi connectivity index (χ1) is 11.4. The number of fused-ring (bicyclic) bond motifs is 1. The molecule has 3 rings (SSSR count). The maximum absolute atomic E-state index is 12.6. The third kappa shape index (κ3) is 3.81. The van der Waals surface area contributed by atoms with Crippen LogP contribution in [0.5, 0.6) is 11.5 Å². The van der Waals surface area contributed by atoms with Gasteiger partial charge in [0.25, 0.3) is 0 Å². The van der Waals surface area contributed by atoms with Crippen LogP contribution in [0.4, 0.5) is 19.1 Å². The Bertz CT molecular complexity index is 740. The van der Waals surface area contributed by atoms with E-state index in [1.54, 1.807) is 12.1 Å². The number of anilines is 1. The summed E-state index contributed by atoms with van der Waals surface area (Å²) in [6.45, 7) is 1.22. The number of nitrogens with zero attached hydrogens (tertiary/aromatic N) is 2. The minimum absolute atomic E-state index is 0.118. The van der Waals surface area contributed by atoms with Crippen LogP contribution in [-0.4, -0.2) is 23.2 Å². The van der Waals surface area contributed by atoms with E-state index in [2.05, 4.69) is 15.3 Å². The van der Waals surface area contributed by atoms with Gasteiger partial charge in [-0.2, -0.15) is 13.2 Å². The zero-order valence-electron chi connectivity index (χ0n) is 12.4. The number of ether oxygens (including phenoxy) is 2. The summed E-state index contributed by atoms with van der Waals surface area (Å²) in [4.78, 5) is 7.23. The lowest BCUT2D eigenvalue weighted by Gasteiger charge is -2.12. The van der Waals surface area contributed by atoms with Crippen molar-refractivity contribution in [3.8, 4) is 11.5 Å². The van der Waals surface area contributed by atoms with E-state index < -0.39 is 11.9 Å². The van der Waals surface area contributed by atoms with Crippen molar-refractivity contribution in [1.29, 1.82) is 0 Å². The van der Waals surface area contributed by atoms with E-state index in [9.17, 15) is 13.2 Å². The van der Waals surface area contributed by atoms with E-state index in [1.165, 1.54) is 0 Å². The average molecular weight is 360 g/mol. The third-order valence-corrected chi connectivity index (χ3v) is 3.54. The highest BCUT2D eigenvalue weighted by atomic mass is 35.5. The topological polar surface area (TPSA) is 56.3 Å². The predicted octanol–water partition coefficient (Wildman–Crippen LogP) is 3.92. The Morgan fingerprint density at radius 2 is 2.00 bits per heavy atom. The van der Waals surface area contributed by atoms with Crippen LogP contribution in [0, 0.1) is 0 Å². The van der Waals surface area contributed by atoms with Gasteiger partial charge in [0.05, 0.1) is 18.2 Å². The number of hydrogen-bond donors (Lipinski definition) is 1. The minimum atomic E-state index is -4.52. The van der Waals surface area contributed by atoms with E-state index in [0.29, 0.717) is 35.3 Å². The van der Waals surface area contributed by atoms with Crippen LogP contribution >= 0.6 is 11.6 Å². The van der Waals surface area contributed by atoms with Crippen molar-refractivity contribution in [3.63, 3.8) is 0 Å². The lowest BCUT2D eigenvalue weighted by atomic mass is 10.2. The maximum atomic E-state index is 12.6. The molecule has 5 nitrogen and oxygen atoms in total. The van der Waals surface area contributed by atoms with Crippen molar-refractivity contribution in [1.82, 2.24) is 9.97 Å². The molecule has 1 aliphatic rings. The van der Waals surface area contributed by atoms with Crippen LogP contribution < -0.4 is 14.8 Å². The van der Waals surface area contributed by atoms with Gasteiger partial charge >= 0.3 is 6.18 Å². The lowest BCUT2D eigenvalue weighted by Crippen LogP contribution is -2.11. The predicted molar refractivity (Wildman–Crippen MR) is 81.4 cm³/mol. The fourth-order valence-electron chi connectivity index (χ4n) is 2.17. The molecular weight excluding hydrogens is 347 g/mol. The van der Waals surface area contributed by atoms with Crippen LogP contribution in [0.15, 0.2) is 24.4 Å². The molecule has 24 heavy (non-hydrogen) atoms. The van der Waals surface area contributed by atoms with E-state index >= 15 is 0 Å². The Morgan fingerprint density at radius 3 is 2.79 bits per heavy atom. The lowest BCUT2D eigenvalue weighted by molar-refractivity contribution is -0.141. The van der Waals surface area contributed by atoms with Crippen molar-refractivity contribution in [2.24, 2.45) is 0 Å². The second kappa shape index (κ2) is 6.72. The van der Waals surface area contributed by atoms with Crippen molar-refractivity contribution >= 4 is 17.5 Å². The molecule has 0 aliphatic carbocycles. The summed E-state index contributed by atoms with van der Waals surface area (Å²) in [6.07, 6.45) is -2.71. The Kier molecular flexibility index (Phi) is 4.66. The van der Waals surface area contributed by atoms with Gasteiger partial charge in [0.2, 0.25) is 5.95 Å². The second-order valence-electron chi connectivity index (χ2n) is 5.07. The Balaban J connectivity index is 1.75. The summed E-state index contributed by atoms with van der Waals surface area (Å²) < 4.78 is 49.0. The largest absolute Gasteiger partial charge is 0.489 e. The SMILES string of the molecule is FC(F)(F)c1ccnc(NCc2cc(Cl)c3c(c2)OCCCO3)n1. The minimum Gasteiger partial charge on any atom is -0.489 e. The van der Waals surface area contributed by atoms with Crippen LogP contribution in [0.25, 0.3) is 0 Å². The molecule has 1 aromatic heterocycles. The van der Waals surface area contributed by atoms with Crippen LogP contribution in [0.3, 0.4) is 0 Å². The van der Waals surface area contributed by atoms with Gasteiger partial charge in [0.15, 0.2) is 11.5 Å². The van der Waals surface area contributed by atoms with Crippen molar-refractivity contribution < 1.29 is 22.6 Å². The molecule has 0 radical (unpaired) electrons. The highest BCUT2D eigenvalue weighted by molar-refractivity contribution is 6.32. The quantitative estimate of drug-likeness (QED) is 0.900. The van der Waals surface area contributed by atoms with E-state index in [1.807, 2.05) is 0 Å². The van der Waals surface area contributed by atoms with Gasteiger partial charge < -0.3 is 14.8 Å². The van der Waals surface area contributed by atoms with Gasteiger partial charge in [-0.15, -0.1) is 0 Å². The zero-order chi connectivity index (χ0) is 17.2. The number of nitrogens with one attached hydrogen (secondary N) is 1. The third-order valence-electron chi connectivity index (χ3n) is 3.26. The first-order valence-electron chi connectivity index (χ1n) is 7.15. The Morgan fingerprint density at radius 1 is 1.21 bits per heavy atom. The van der Waals surface area contributed by atoms with Crippen LogP contribution in [0.1, 0.15) is 17.7 Å². The van der Waals surface area contributed by atoms with Crippen molar-refractivity contribution in [2.45, 2.75) is 19.1 Å². The summed E-state index contributed by atoms with van der Waals surface area (Å²) in [6, 6.07) is 4.21. The zero-order valence-corrected chi connectivity index (χ0v) is 13.1. The molecule has 0 spiro atoms. The normalized spacial score (nSPS) is 14.2. The molecule has 0 saturated carbocycles. The van der Waals surface area contributed by atoms with Gasteiger partial charge in [-0.3, -0.25) is 0 Å². The summed E-state index contributed by atoms with van der Waals surface area (Å²) >= 11 is 6.17. The highest BCUT2D eigenvalue weighted by Crippen LogP contribution is 2.38. The summed E-state index contributed by atoms with van der Waals surface area (Å²) in [5.74, 6) is 0.878. The van der Waals surface area contributed by atoms with Gasteiger partial charge in [-0.1, -0.05) is 11.6 Å². The number of alkyl halides is 3. The molecule has 2 heterocycles. The number of aromatic nitrogens is 2. The molecule has 0 saturated heterocycles. The van der Waals surface area contributed by atoms with Gasteiger partial charge in [0, 0.05) is 19.2 Å². The smallest absolute Gasteiger partial charge is 0.433 e. The molecule has 0 bridgehead atoms. The fourth-order valence-corrected chi connectivity index (χ4v) is 2.46. The van der Waals surface area contributed by atoms with Gasteiger partial charge in [0.1, 0.15) is 5.69 Å². The molecule has 1 N–H and O–H groups in total. The molecule has 2 aromatic rings. The van der Waals surface area contributed by atoms with E-state index in [0.717, 1.165) is 18.7 Å². The van der Waals surface area contributed by atoms with E-state index in [-0.39, 0.29) is 12.5 Å². The summed E-state index contributed by atoms with van der Waals surface area (Å²) in [5, 5.41) is 3.13. The Labute approximate surface area is 140 Å². The number of halogens is 4. The summed E-state index contributed by atoms with van der Waals surface area (Å²) in [7, 11) is 0. The fraction of sp³-hybridized carbons (Fsp3) is 0.333. The van der Waals surface area contributed by atoms with E-state index in [4.69, 9.17) is 21.1 Å². The molecule has 0 unspecified atom stereocenters. The van der Waals surface area contributed by atoms with Gasteiger partial charge in [-0.25, -0.2) is 9.97 Å². The molecular formula is C15H13ClF3N3O2. The van der Waals surface area contributed by atoms with Crippen molar-refractivity contribution in [3.05, 3.63) is 40.7 Å². The average Bonchev–Trinajstić information content (AvgIpc) is 2.78. The highest BCUT2D eigenvalue weighted by Gasteiger charge is 2.32. The second-order valence-corrected chi connectivity index (χ2v) is 5.48. The molecule has 9 heteroatoms. The number of rotatable bonds is 3. The molecule has 0 atom stereocenters.